The van der Waals surface area contributed by atoms with E-state index in [1.165, 1.54) is 11.0 Å². The number of hydrogen-bond acceptors (Lipinski definition) is 3. The normalized spacial score (nSPS) is 21.6. The van der Waals surface area contributed by atoms with Gasteiger partial charge in [0.25, 0.3) is 0 Å². The lowest BCUT2D eigenvalue weighted by Crippen LogP contribution is -2.36. The van der Waals surface area contributed by atoms with Crippen LogP contribution in [0.15, 0.2) is 36.4 Å². The number of rotatable bonds is 3. The summed E-state index contributed by atoms with van der Waals surface area (Å²) in [5, 5.41) is 0. The van der Waals surface area contributed by atoms with Crippen LogP contribution in [0.2, 0.25) is 0 Å². The zero-order valence-electron chi connectivity index (χ0n) is 10.8. The van der Waals surface area contributed by atoms with Gasteiger partial charge in [-0.1, -0.05) is 30.3 Å². The number of sulfone groups is 1. The van der Waals surface area contributed by atoms with Crippen molar-refractivity contribution in [3.05, 3.63) is 42.0 Å². The Morgan fingerprint density at radius 1 is 1.32 bits per heavy atom. The minimum atomic E-state index is -2.96. The first-order chi connectivity index (χ1) is 8.98. The third-order valence-electron chi connectivity index (χ3n) is 3.32. The number of carbonyl (C=O) groups is 1. The van der Waals surface area contributed by atoms with Gasteiger partial charge in [0.1, 0.15) is 0 Å². The molecule has 1 atom stereocenters. The van der Waals surface area contributed by atoms with E-state index in [2.05, 4.69) is 0 Å². The predicted molar refractivity (Wildman–Crippen MR) is 75.3 cm³/mol. The molecule has 0 bridgehead atoms. The summed E-state index contributed by atoms with van der Waals surface area (Å²) in [6, 6.07) is 9.33. The van der Waals surface area contributed by atoms with Gasteiger partial charge in [-0.25, -0.2) is 8.42 Å². The van der Waals surface area contributed by atoms with E-state index < -0.39 is 9.84 Å². The monoisotopic (exact) mass is 279 g/mol. The van der Waals surface area contributed by atoms with Crippen LogP contribution in [0.25, 0.3) is 6.08 Å². The Kier molecular flexibility index (Phi) is 4.04. The summed E-state index contributed by atoms with van der Waals surface area (Å²) in [7, 11) is -1.30. The van der Waals surface area contributed by atoms with E-state index in [1.54, 1.807) is 13.1 Å². The summed E-state index contributed by atoms with van der Waals surface area (Å²) < 4.78 is 22.8. The number of carbonyl (C=O) groups excluding carboxylic acids is 1. The Morgan fingerprint density at radius 2 is 2.00 bits per heavy atom. The van der Waals surface area contributed by atoms with Crippen molar-refractivity contribution in [3.63, 3.8) is 0 Å². The first kappa shape index (κ1) is 13.8. The van der Waals surface area contributed by atoms with Gasteiger partial charge in [-0.05, 0) is 18.1 Å². The van der Waals surface area contributed by atoms with E-state index in [0.29, 0.717) is 6.42 Å². The van der Waals surface area contributed by atoms with Gasteiger partial charge in [-0.15, -0.1) is 0 Å². The van der Waals surface area contributed by atoms with Crippen molar-refractivity contribution in [1.82, 2.24) is 4.90 Å². The van der Waals surface area contributed by atoms with Crippen LogP contribution in [-0.4, -0.2) is 43.8 Å². The van der Waals surface area contributed by atoms with Crippen LogP contribution in [0.5, 0.6) is 0 Å². The predicted octanol–water partition coefficient (Wildman–Crippen LogP) is 1.35. The lowest BCUT2D eigenvalue weighted by atomic mass is 10.2. The molecule has 1 fully saturated rings. The quantitative estimate of drug-likeness (QED) is 0.785. The molecule has 102 valence electrons. The summed E-state index contributed by atoms with van der Waals surface area (Å²) in [5.41, 5.74) is 0.947. The topological polar surface area (TPSA) is 54.5 Å². The molecule has 0 saturated carbocycles. The van der Waals surface area contributed by atoms with E-state index in [-0.39, 0.29) is 23.5 Å². The van der Waals surface area contributed by atoms with Crippen molar-refractivity contribution in [3.8, 4) is 0 Å². The Balaban J connectivity index is 1.99. The standard InChI is InChI=1S/C14H17NO3S/c1-15(13-9-10-19(17,18)11-13)14(16)8-7-12-5-3-2-4-6-12/h2-8,13H,9-11H2,1H3/b8-7+/t13-/m0/s1. The van der Waals surface area contributed by atoms with Crippen molar-refractivity contribution in [1.29, 1.82) is 0 Å². The lowest BCUT2D eigenvalue weighted by molar-refractivity contribution is -0.126. The van der Waals surface area contributed by atoms with Crippen LogP contribution in [-0.2, 0) is 14.6 Å². The Bertz CT molecular complexity index is 578. The maximum atomic E-state index is 12.0. The second-order valence-corrected chi connectivity index (χ2v) is 6.98. The van der Waals surface area contributed by atoms with E-state index in [1.807, 2.05) is 30.3 Å². The highest BCUT2D eigenvalue weighted by atomic mass is 32.2. The molecule has 1 amide bonds. The number of nitrogens with zero attached hydrogens (tertiary/aromatic N) is 1. The molecule has 0 aromatic heterocycles. The highest BCUT2D eigenvalue weighted by molar-refractivity contribution is 7.91. The smallest absolute Gasteiger partial charge is 0.246 e. The molecule has 2 rings (SSSR count). The number of hydrogen-bond donors (Lipinski definition) is 0. The largest absolute Gasteiger partial charge is 0.338 e. The van der Waals surface area contributed by atoms with E-state index >= 15 is 0 Å². The Labute approximate surface area is 113 Å². The average molecular weight is 279 g/mol. The molecule has 0 spiro atoms. The summed E-state index contributed by atoms with van der Waals surface area (Å²) in [6.07, 6.45) is 3.76. The molecule has 0 unspecified atom stereocenters. The van der Waals surface area contributed by atoms with E-state index in [9.17, 15) is 13.2 Å². The SMILES string of the molecule is CN(C(=O)/C=C/c1ccccc1)[C@H]1CCS(=O)(=O)C1. The van der Waals surface area contributed by atoms with Crippen LogP contribution in [0.4, 0.5) is 0 Å². The molecule has 1 aliphatic heterocycles. The molecule has 1 aromatic carbocycles. The fourth-order valence-corrected chi connectivity index (χ4v) is 3.88. The summed E-state index contributed by atoms with van der Waals surface area (Å²) in [6.45, 7) is 0. The van der Waals surface area contributed by atoms with Gasteiger partial charge >= 0.3 is 0 Å². The number of likely N-dealkylation sites (N-methyl/N-ethyl adjacent to an activating group) is 1. The highest BCUT2D eigenvalue weighted by Crippen LogP contribution is 2.17. The minimum Gasteiger partial charge on any atom is -0.338 e. The lowest BCUT2D eigenvalue weighted by Gasteiger charge is -2.21. The zero-order valence-corrected chi connectivity index (χ0v) is 11.6. The first-order valence-electron chi connectivity index (χ1n) is 6.18. The van der Waals surface area contributed by atoms with Gasteiger partial charge < -0.3 is 4.90 Å². The molecular formula is C14H17NO3S. The van der Waals surface area contributed by atoms with E-state index in [4.69, 9.17) is 0 Å². The fourth-order valence-electron chi connectivity index (χ4n) is 2.11. The second-order valence-electron chi connectivity index (χ2n) is 4.75. The molecule has 1 aromatic rings. The number of benzene rings is 1. The summed E-state index contributed by atoms with van der Waals surface area (Å²) >= 11 is 0. The van der Waals surface area contributed by atoms with Gasteiger partial charge in [-0.3, -0.25) is 4.79 Å². The minimum absolute atomic E-state index is 0.0778. The van der Waals surface area contributed by atoms with Crippen molar-refractivity contribution in [2.45, 2.75) is 12.5 Å². The molecule has 0 radical (unpaired) electrons. The second kappa shape index (κ2) is 5.57. The molecule has 0 N–H and O–H groups in total. The van der Waals surface area contributed by atoms with Crippen LogP contribution >= 0.6 is 0 Å². The van der Waals surface area contributed by atoms with Crippen molar-refractivity contribution < 1.29 is 13.2 Å². The molecule has 1 saturated heterocycles. The molecule has 4 nitrogen and oxygen atoms in total. The van der Waals surface area contributed by atoms with Gasteiger partial charge in [-0.2, -0.15) is 0 Å². The van der Waals surface area contributed by atoms with E-state index in [0.717, 1.165) is 5.56 Å². The van der Waals surface area contributed by atoms with Crippen LogP contribution in [0.1, 0.15) is 12.0 Å². The van der Waals surface area contributed by atoms with Crippen molar-refractivity contribution >= 4 is 21.8 Å². The third kappa shape index (κ3) is 3.67. The van der Waals surface area contributed by atoms with Gasteiger partial charge in [0.05, 0.1) is 11.5 Å². The first-order valence-corrected chi connectivity index (χ1v) is 8.00. The molecule has 19 heavy (non-hydrogen) atoms. The molecule has 1 aliphatic rings. The Morgan fingerprint density at radius 3 is 2.58 bits per heavy atom. The summed E-state index contributed by atoms with van der Waals surface area (Å²) in [5.74, 6) is 0.0949. The van der Waals surface area contributed by atoms with Crippen molar-refractivity contribution in [2.24, 2.45) is 0 Å². The fraction of sp³-hybridized carbons (Fsp3) is 0.357. The highest BCUT2D eigenvalue weighted by Gasteiger charge is 2.31. The van der Waals surface area contributed by atoms with Gasteiger partial charge in [0.15, 0.2) is 9.84 Å². The van der Waals surface area contributed by atoms with Crippen molar-refractivity contribution in [2.75, 3.05) is 18.6 Å². The molecule has 5 heteroatoms. The van der Waals surface area contributed by atoms with Gasteiger partial charge in [0.2, 0.25) is 5.91 Å². The summed E-state index contributed by atoms with van der Waals surface area (Å²) in [4.78, 5) is 13.5. The number of amides is 1. The van der Waals surface area contributed by atoms with Crippen LogP contribution in [0, 0.1) is 0 Å². The average Bonchev–Trinajstić information content (AvgIpc) is 2.76. The van der Waals surface area contributed by atoms with Crippen LogP contribution in [0.3, 0.4) is 0 Å². The molecule has 0 aliphatic carbocycles. The molecular weight excluding hydrogens is 262 g/mol. The third-order valence-corrected chi connectivity index (χ3v) is 5.07. The zero-order chi connectivity index (χ0) is 13.9. The molecule has 1 heterocycles. The Hall–Kier alpha value is -1.62. The maximum absolute atomic E-state index is 12.0. The maximum Gasteiger partial charge on any atom is 0.246 e. The van der Waals surface area contributed by atoms with Crippen LogP contribution < -0.4 is 0 Å². The van der Waals surface area contributed by atoms with Gasteiger partial charge in [0, 0.05) is 19.2 Å².